The number of rotatable bonds is 4. The fourth-order valence-corrected chi connectivity index (χ4v) is 2.30. The molecule has 4 heteroatoms. The smallest absolute Gasteiger partial charge is 0.214 e. The standard InChI is InChI=1S/C16H16N2O2/c1-18-9-14(10-18)20-16-7-3-6-15(17-16)13-5-2-4-12(8-13)11-19/h2-8,11,14H,9-10H2,1H3. The molecule has 0 atom stereocenters. The zero-order valence-corrected chi connectivity index (χ0v) is 11.3. The molecule has 1 aliphatic heterocycles. The van der Waals surface area contributed by atoms with Crippen LogP contribution in [-0.2, 0) is 0 Å². The Labute approximate surface area is 118 Å². The van der Waals surface area contributed by atoms with Crippen LogP contribution in [0, 0.1) is 0 Å². The van der Waals surface area contributed by atoms with Crippen LogP contribution in [0.3, 0.4) is 0 Å². The van der Waals surface area contributed by atoms with Gasteiger partial charge < -0.3 is 4.74 Å². The van der Waals surface area contributed by atoms with Crippen molar-refractivity contribution in [2.24, 2.45) is 0 Å². The van der Waals surface area contributed by atoms with E-state index in [4.69, 9.17) is 4.74 Å². The molecule has 1 saturated heterocycles. The summed E-state index contributed by atoms with van der Waals surface area (Å²) in [7, 11) is 2.06. The first-order valence-electron chi connectivity index (χ1n) is 6.62. The van der Waals surface area contributed by atoms with E-state index >= 15 is 0 Å². The topological polar surface area (TPSA) is 42.4 Å². The Kier molecular flexibility index (Phi) is 3.48. The van der Waals surface area contributed by atoms with Gasteiger partial charge in [-0.15, -0.1) is 0 Å². The van der Waals surface area contributed by atoms with E-state index in [0.29, 0.717) is 11.4 Å². The van der Waals surface area contributed by atoms with Crippen LogP contribution in [0.25, 0.3) is 11.3 Å². The predicted molar refractivity (Wildman–Crippen MR) is 77.0 cm³/mol. The van der Waals surface area contributed by atoms with Gasteiger partial charge in [0.15, 0.2) is 0 Å². The van der Waals surface area contributed by atoms with Crippen LogP contribution >= 0.6 is 0 Å². The second-order valence-corrected chi connectivity index (χ2v) is 5.07. The molecule has 1 fully saturated rings. The van der Waals surface area contributed by atoms with Crippen molar-refractivity contribution in [3.05, 3.63) is 48.0 Å². The zero-order chi connectivity index (χ0) is 13.9. The number of aromatic nitrogens is 1. The average Bonchev–Trinajstić information content (AvgIpc) is 2.46. The number of benzene rings is 1. The molecule has 3 rings (SSSR count). The quantitative estimate of drug-likeness (QED) is 0.798. The largest absolute Gasteiger partial charge is 0.472 e. The van der Waals surface area contributed by atoms with Crippen LogP contribution in [0.4, 0.5) is 0 Å². The van der Waals surface area contributed by atoms with Gasteiger partial charge in [-0.2, -0.15) is 0 Å². The Hall–Kier alpha value is -2.20. The number of hydrogen-bond acceptors (Lipinski definition) is 4. The van der Waals surface area contributed by atoms with E-state index in [2.05, 4.69) is 16.9 Å². The summed E-state index contributed by atoms with van der Waals surface area (Å²) in [5.41, 5.74) is 2.39. The Balaban J connectivity index is 1.81. The van der Waals surface area contributed by atoms with E-state index in [1.165, 1.54) is 0 Å². The minimum absolute atomic E-state index is 0.226. The highest BCUT2D eigenvalue weighted by Gasteiger charge is 2.25. The number of likely N-dealkylation sites (tertiary alicyclic amines) is 1. The van der Waals surface area contributed by atoms with Crippen LogP contribution in [0.5, 0.6) is 5.88 Å². The molecule has 20 heavy (non-hydrogen) atoms. The molecule has 0 radical (unpaired) electrons. The van der Waals surface area contributed by atoms with Gasteiger partial charge in [0.1, 0.15) is 12.4 Å². The first kappa shape index (κ1) is 12.8. The van der Waals surface area contributed by atoms with E-state index in [9.17, 15) is 4.79 Å². The lowest BCUT2D eigenvalue weighted by Gasteiger charge is -2.35. The van der Waals surface area contributed by atoms with Gasteiger partial charge in [-0.3, -0.25) is 9.69 Å². The summed E-state index contributed by atoms with van der Waals surface area (Å²) in [6.07, 6.45) is 1.07. The summed E-state index contributed by atoms with van der Waals surface area (Å²) in [5.74, 6) is 0.636. The maximum atomic E-state index is 10.8. The summed E-state index contributed by atoms with van der Waals surface area (Å²) in [4.78, 5) is 17.5. The monoisotopic (exact) mass is 268 g/mol. The number of pyridine rings is 1. The number of aldehydes is 1. The zero-order valence-electron chi connectivity index (χ0n) is 11.3. The van der Waals surface area contributed by atoms with Gasteiger partial charge in [0.05, 0.1) is 5.69 Å². The van der Waals surface area contributed by atoms with Gasteiger partial charge in [0.2, 0.25) is 5.88 Å². The highest BCUT2D eigenvalue weighted by Crippen LogP contribution is 2.22. The molecular formula is C16H16N2O2. The third-order valence-corrected chi connectivity index (χ3v) is 3.36. The van der Waals surface area contributed by atoms with Crippen molar-refractivity contribution in [1.82, 2.24) is 9.88 Å². The van der Waals surface area contributed by atoms with Crippen LogP contribution in [0.15, 0.2) is 42.5 Å². The lowest BCUT2D eigenvalue weighted by Crippen LogP contribution is -2.51. The van der Waals surface area contributed by atoms with Gasteiger partial charge in [0.25, 0.3) is 0 Å². The van der Waals surface area contributed by atoms with Crippen molar-refractivity contribution >= 4 is 6.29 Å². The fourth-order valence-electron chi connectivity index (χ4n) is 2.30. The second kappa shape index (κ2) is 5.43. The normalized spacial score (nSPS) is 15.7. The fraction of sp³-hybridized carbons (Fsp3) is 0.250. The van der Waals surface area contributed by atoms with E-state index in [1.54, 1.807) is 6.07 Å². The number of likely N-dealkylation sites (N-methyl/N-ethyl adjacent to an activating group) is 1. The van der Waals surface area contributed by atoms with Crippen molar-refractivity contribution in [1.29, 1.82) is 0 Å². The Bertz CT molecular complexity index is 621. The number of nitrogens with zero attached hydrogens (tertiary/aromatic N) is 2. The van der Waals surface area contributed by atoms with Crippen molar-refractivity contribution in [2.45, 2.75) is 6.10 Å². The molecule has 0 saturated carbocycles. The van der Waals surface area contributed by atoms with Gasteiger partial charge in [0, 0.05) is 30.3 Å². The molecule has 0 unspecified atom stereocenters. The first-order valence-corrected chi connectivity index (χ1v) is 6.62. The molecule has 0 bridgehead atoms. The maximum Gasteiger partial charge on any atom is 0.214 e. The highest BCUT2D eigenvalue weighted by atomic mass is 16.5. The van der Waals surface area contributed by atoms with Crippen molar-refractivity contribution in [2.75, 3.05) is 20.1 Å². The average molecular weight is 268 g/mol. The third-order valence-electron chi connectivity index (χ3n) is 3.36. The molecule has 1 aliphatic rings. The van der Waals surface area contributed by atoms with Gasteiger partial charge in [-0.25, -0.2) is 4.98 Å². The summed E-state index contributed by atoms with van der Waals surface area (Å²) in [6, 6.07) is 13.1. The third kappa shape index (κ3) is 2.70. The maximum absolute atomic E-state index is 10.8. The molecule has 0 aliphatic carbocycles. The number of hydrogen-bond donors (Lipinski definition) is 0. The predicted octanol–water partition coefficient (Wildman–Crippen LogP) is 2.25. The van der Waals surface area contributed by atoms with Crippen molar-refractivity contribution in [3.63, 3.8) is 0 Å². The van der Waals surface area contributed by atoms with Crippen molar-refractivity contribution < 1.29 is 9.53 Å². The van der Waals surface area contributed by atoms with Crippen LogP contribution in [0.2, 0.25) is 0 Å². The molecule has 0 amide bonds. The summed E-state index contributed by atoms with van der Waals surface area (Å²) in [5, 5.41) is 0. The SMILES string of the molecule is CN1CC(Oc2cccc(-c3cccc(C=O)c3)n2)C1. The molecule has 0 spiro atoms. The molecule has 4 nitrogen and oxygen atoms in total. The number of carbonyl (C=O) groups is 1. The lowest BCUT2D eigenvalue weighted by atomic mass is 10.1. The summed E-state index contributed by atoms with van der Waals surface area (Å²) < 4.78 is 5.82. The van der Waals surface area contributed by atoms with Crippen molar-refractivity contribution in [3.8, 4) is 17.1 Å². The van der Waals surface area contributed by atoms with E-state index in [-0.39, 0.29) is 6.10 Å². The second-order valence-electron chi connectivity index (χ2n) is 5.07. The summed E-state index contributed by atoms with van der Waals surface area (Å²) >= 11 is 0. The molecule has 2 heterocycles. The minimum Gasteiger partial charge on any atom is -0.472 e. The summed E-state index contributed by atoms with van der Waals surface area (Å²) in [6.45, 7) is 1.87. The van der Waals surface area contributed by atoms with Gasteiger partial charge in [-0.1, -0.05) is 24.3 Å². The van der Waals surface area contributed by atoms with Gasteiger partial charge in [-0.05, 0) is 19.2 Å². The van der Waals surface area contributed by atoms with Crippen LogP contribution in [-0.4, -0.2) is 42.4 Å². The van der Waals surface area contributed by atoms with Crippen LogP contribution in [0.1, 0.15) is 10.4 Å². The number of ether oxygens (including phenoxy) is 1. The molecule has 2 aromatic rings. The Morgan fingerprint density at radius 3 is 2.80 bits per heavy atom. The highest BCUT2D eigenvalue weighted by molar-refractivity contribution is 5.78. The van der Waals surface area contributed by atoms with E-state index < -0.39 is 0 Å². The molecule has 0 N–H and O–H groups in total. The minimum atomic E-state index is 0.226. The molecular weight excluding hydrogens is 252 g/mol. The molecule has 1 aromatic carbocycles. The molecule has 102 valence electrons. The van der Waals surface area contributed by atoms with E-state index in [0.717, 1.165) is 30.6 Å². The molecule has 1 aromatic heterocycles. The van der Waals surface area contributed by atoms with Crippen LogP contribution < -0.4 is 4.74 Å². The Morgan fingerprint density at radius 2 is 2.05 bits per heavy atom. The Morgan fingerprint density at radius 1 is 1.25 bits per heavy atom. The number of carbonyl (C=O) groups excluding carboxylic acids is 1. The van der Waals surface area contributed by atoms with Gasteiger partial charge >= 0.3 is 0 Å². The lowest BCUT2D eigenvalue weighted by molar-refractivity contribution is 0.0357. The van der Waals surface area contributed by atoms with E-state index in [1.807, 2.05) is 36.4 Å². The first-order chi connectivity index (χ1) is 9.74.